The Bertz CT molecular complexity index is 1310. The summed E-state index contributed by atoms with van der Waals surface area (Å²) in [5, 5.41) is 0. The van der Waals surface area contributed by atoms with Crippen molar-refractivity contribution in [2.24, 2.45) is 0 Å². The summed E-state index contributed by atoms with van der Waals surface area (Å²) in [4.78, 5) is 26.0. The Labute approximate surface area is 191 Å². The molecule has 5 rings (SSSR count). The highest BCUT2D eigenvalue weighted by Crippen LogP contribution is 2.30. The standard InChI is InChI=1S/C28H19N3O2/c32-28(21-8-2-1-3-9-21)33-23-14-12-20(13-15-23)22-18-26(24-10-4-6-16-29-24)31-27(19-22)25-11-5-7-17-30-25/h1-19H. The first-order valence-corrected chi connectivity index (χ1v) is 10.5. The van der Waals surface area contributed by atoms with Crippen molar-refractivity contribution in [1.29, 1.82) is 0 Å². The van der Waals surface area contributed by atoms with E-state index in [1.807, 2.05) is 78.9 Å². The van der Waals surface area contributed by atoms with Crippen molar-refractivity contribution in [2.45, 2.75) is 0 Å². The van der Waals surface area contributed by atoms with Gasteiger partial charge in [-0.3, -0.25) is 9.97 Å². The van der Waals surface area contributed by atoms with E-state index in [9.17, 15) is 4.79 Å². The minimum absolute atomic E-state index is 0.387. The first-order chi connectivity index (χ1) is 16.3. The number of benzene rings is 2. The van der Waals surface area contributed by atoms with Crippen LogP contribution in [0.3, 0.4) is 0 Å². The van der Waals surface area contributed by atoms with Crippen LogP contribution < -0.4 is 4.74 Å². The summed E-state index contributed by atoms with van der Waals surface area (Å²) in [5.74, 6) is 0.0960. The normalized spacial score (nSPS) is 10.5. The average Bonchev–Trinajstić information content (AvgIpc) is 2.90. The molecular formula is C28H19N3O2. The van der Waals surface area contributed by atoms with E-state index in [4.69, 9.17) is 9.72 Å². The number of hydrogen-bond acceptors (Lipinski definition) is 5. The second-order valence-electron chi connectivity index (χ2n) is 7.34. The Hall–Kier alpha value is -4.64. The fourth-order valence-electron chi connectivity index (χ4n) is 3.44. The average molecular weight is 429 g/mol. The van der Waals surface area contributed by atoms with Gasteiger partial charge in [0, 0.05) is 12.4 Å². The van der Waals surface area contributed by atoms with E-state index in [1.54, 1.807) is 36.7 Å². The van der Waals surface area contributed by atoms with Crippen molar-refractivity contribution in [3.8, 4) is 39.7 Å². The number of aromatic nitrogens is 3. The number of carbonyl (C=O) groups excluding carboxylic acids is 1. The molecule has 5 aromatic rings. The van der Waals surface area contributed by atoms with Gasteiger partial charge in [0.25, 0.3) is 0 Å². The second-order valence-corrected chi connectivity index (χ2v) is 7.34. The summed E-state index contributed by atoms with van der Waals surface area (Å²) in [6, 6.07) is 31.8. The van der Waals surface area contributed by atoms with Crippen molar-refractivity contribution in [1.82, 2.24) is 15.0 Å². The number of ether oxygens (including phenoxy) is 1. The highest BCUT2D eigenvalue weighted by molar-refractivity contribution is 5.91. The van der Waals surface area contributed by atoms with Crippen molar-refractivity contribution < 1.29 is 9.53 Å². The van der Waals surface area contributed by atoms with Gasteiger partial charge >= 0.3 is 5.97 Å². The lowest BCUT2D eigenvalue weighted by atomic mass is 10.0. The van der Waals surface area contributed by atoms with Gasteiger partial charge in [0.05, 0.1) is 28.3 Å². The largest absolute Gasteiger partial charge is 0.423 e. The summed E-state index contributed by atoms with van der Waals surface area (Å²) in [5.41, 5.74) is 5.52. The van der Waals surface area contributed by atoms with E-state index in [1.165, 1.54) is 0 Å². The molecule has 2 aromatic carbocycles. The van der Waals surface area contributed by atoms with E-state index in [0.717, 1.165) is 33.9 Å². The number of carbonyl (C=O) groups is 1. The van der Waals surface area contributed by atoms with Crippen LogP contribution in [-0.4, -0.2) is 20.9 Å². The molecule has 3 aromatic heterocycles. The zero-order valence-corrected chi connectivity index (χ0v) is 17.6. The van der Waals surface area contributed by atoms with Crippen molar-refractivity contribution in [3.05, 3.63) is 121 Å². The minimum atomic E-state index is -0.387. The first kappa shape index (κ1) is 20.3. The van der Waals surface area contributed by atoms with Crippen LogP contribution in [0.1, 0.15) is 10.4 Å². The fourth-order valence-corrected chi connectivity index (χ4v) is 3.44. The predicted molar refractivity (Wildman–Crippen MR) is 128 cm³/mol. The van der Waals surface area contributed by atoms with Crippen LogP contribution in [0.2, 0.25) is 0 Å². The van der Waals surface area contributed by atoms with Crippen molar-refractivity contribution in [2.75, 3.05) is 0 Å². The monoisotopic (exact) mass is 429 g/mol. The number of esters is 1. The van der Waals surface area contributed by atoms with E-state index in [0.29, 0.717) is 11.3 Å². The van der Waals surface area contributed by atoms with Gasteiger partial charge in [-0.2, -0.15) is 0 Å². The van der Waals surface area contributed by atoms with E-state index in [-0.39, 0.29) is 5.97 Å². The molecule has 5 nitrogen and oxygen atoms in total. The lowest BCUT2D eigenvalue weighted by Gasteiger charge is -2.10. The third-order valence-corrected chi connectivity index (χ3v) is 5.09. The highest BCUT2D eigenvalue weighted by atomic mass is 16.5. The Morgan fingerprint density at radius 1 is 0.576 bits per heavy atom. The third-order valence-electron chi connectivity index (χ3n) is 5.09. The molecule has 0 aliphatic heterocycles. The Kier molecular flexibility index (Phi) is 5.68. The van der Waals surface area contributed by atoms with Crippen molar-refractivity contribution in [3.63, 3.8) is 0 Å². The molecule has 0 saturated carbocycles. The maximum Gasteiger partial charge on any atom is 0.343 e. The molecule has 0 unspecified atom stereocenters. The van der Waals surface area contributed by atoms with Crippen LogP contribution in [-0.2, 0) is 0 Å². The zero-order valence-electron chi connectivity index (χ0n) is 17.6. The van der Waals surface area contributed by atoms with Crippen LogP contribution in [0, 0.1) is 0 Å². The van der Waals surface area contributed by atoms with Gasteiger partial charge in [-0.25, -0.2) is 9.78 Å². The van der Waals surface area contributed by atoms with Crippen LogP contribution in [0.25, 0.3) is 33.9 Å². The van der Waals surface area contributed by atoms with Crippen molar-refractivity contribution >= 4 is 5.97 Å². The van der Waals surface area contributed by atoms with E-state index < -0.39 is 0 Å². The summed E-state index contributed by atoms with van der Waals surface area (Å²) in [6.45, 7) is 0. The van der Waals surface area contributed by atoms with Gasteiger partial charge in [0.1, 0.15) is 5.75 Å². The summed E-state index contributed by atoms with van der Waals surface area (Å²) < 4.78 is 5.51. The summed E-state index contributed by atoms with van der Waals surface area (Å²) >= 11 is 0. The quantitative estimate of drug-likeness (QED) is 0.250. The van der Waals surface area contributed by atoms with Crippen LogP contribution >= 0.6 is 0 Å². The summed E-state index contributed by atoms with van der Waals surface area (Å²) in [6.07, 6.45) is 3.50. The molecule has 0 N–H and O–H groups in total. The predicted octanol–water partition coefficient (Wildman–Crippen LogP) is 6.09. The Morgan fingerprint density at radius 2 is 1.15 bits per heavy atom. The van der Waals surface area contributed by atoms with Crippen LogP contribution in [0.15, 0.2) is 116 Å². The highest BCUT2D eigenvalue weighted by Gasteiger charge is 2.11. The molecule has 0 spiro atoms. The molecule has 5 heteroatoms. The fraction of sp³-hybridized carbons (Fsp3) is 0. The molecule has 0 bridgehead atoms. The smallest absolute Gasteiger partial charge is 0.343 e. The number of hydrogen-bond donors (Lipinski definition) is 0. The SMILES string of the molecule is O=C(Oc1ccc(-c2cc(-c3ccccn3)nc(-c3ccccn3)c2)cc1)c1ccccc1. The van der Waals surface area contributed by atoms with E-state index >= 15 is 0 Å². The maximum absolute atomic E-state index is 12.3. The van der Waals surface area contributed by atoms with E-state index in [2.05, 4.69) is 9.97 Å². The zero-order chi connectivity index (χ0) is 22.5. The number of pyridine rings is 3. The van der Waals surface area contributed by atoms with Gasteiger partial charge in [0.15, 0.2) is 0 Å². The lowest BCUT2D eigenvalue weighted by Crippen LogP contribution is -2.07. The molecule has 0 saturated heterocycles. The molecule has 158 valence electrons. The second kappa shape index (κ2) is 9.24. The van der Waals surface area contributed by atoms with Crippen LogP contribution in [0.5, 0.6) is 5.75 Å². The number of nitrogens with zero attached hydrogens (tertiary/aromatic N) is 3. The molecular weight excluding hydrogens is 410 g/mol. The van der Waals surface area contributed by atoms with Gasteiger partial charge in [-0.15, -0.1) is 0 Å². The molecule has 0 atom stereocenters. The Morgan fingerprint density at radius 3 is 1.70 bits per heavy atom. The molecule has 33 heavy (non-hydrogen) atoms. The first-order valence-electron chi connectivity index (χ1n) is 10.5. The van der Waals surface area contributed by atoms with Gasteiger partial charge in [-0.1, -0.05) is 42.5 Å². The molecule has 3 heterocycles. The van der Waals surface area contributed by atoms with Crippen LogP contribution in [0.4, 0.5) is 0 Å². The molecule has 0 aliphatic carbocycles. The van der Waals surface area contributed by atoms with Gasteiger partial charge in [0.2, 0.25) is 0 Å². The Balaban J connectivity index is 1.48. The lowest BCUT2D eigenvalue weighted by molar-refractivity contribution is 0.0735. The molecule has 0 aliphatic rings. The number of rotatable bonds is 5. The molecule has 0 radical (unpaired) electrons. The topological polar surface area (TPSA) is 65.0 Å². The van der Waals surface area contributed by atoms with Gasteiger partial charge < -0.3 is 4.74 Å². The summed E-state index contributed by atoms with van der Waals surface area (Å²) in [7, 11) is 0. The minimum Gasteiger partial charge on any atom is -0.423 e. The molecule has 0 amide bonds. The third kappa shape index (κ3) is 4.67. The van der Waals surface area contributed by atoms with Gasteiger partial charge in [-0.05, 0) is 71.8 Å². The maximum atomic E-state index is 12.3. The molecule has 0 fully saturated rings.